The molecule has 294 valence electrons. The lowest BCUT2D eigenvalue weighted by Crippen LogP contribution is -2.55. The molecule has 0 aromatic rings. The van der Waals surface area contributed by atoms with Gasteiger partial charge < -0.3 is 28.6 Å². The number of carboxylic acids is 1. The molecule has 2 unspecified atom stereocenters. The molecule has 0 saturated heterocycles. The summed E-state index contributed by atoms with van der Waals surface area (Å²) in [5.41, 5.74) is 0. The number of aliphatic carboxylic acids is 1. The molecule has 0 aliphatic carbocycles. The molecule has 0 amide bonds. The molecule has 0 rings (SSSR count). The normalized spacial score (nSPS) is 13.1. The molecule has 2 atom stereocenters. The molecule has 0 radical (unpaired) electrons. The lowest BCUT2D eigenvalue weighted by molar-refractivity contribution is -0.889. The molecule has 0 aromatic carbocycles. The number of nitrogens with zero attached hydrogens (tertiary/aromatic N) is 1. The van der Waals surface area contributed by atoms with E-state index < -0.39 is 18.1 Å². The van der Waals surface area contributed by atoms with Crippen molar-refractivity contribution in [3.05, 3.63) is 12.2 Å². The van der Waals surface area contributed by atoms with E-state index in [1.165, 1.54) is 116 Å². The molecule has 0 aliphatic heterocycles. The Bertz CT molecular complexity index is 838. The maximum atomic E-state index is 12.6. The van der Waals surface area contributed by atoms with Crippen LogP contribution in [-0.2, 0) is 28.6 Å². The summed E-state index contributed by atoms with van der Waals surface area (Å²) in [6, 6.07) is -0.718. The van der Waals surface area contributed by atoms with Gasteiger partial charge >= 0.3 is 11.9 Å². The highest BCUT2D eigenvalue weighted by molar-refractivity contribution is 5.70. The number of hydrogen-bond acceptors (Lipinski definition) is 7. The second-order valence-corrected chi connectivity index (χ2v) is 15.2. The topological polar surface area (TPSA) is 102 Å². The van der Waals surface area contributed by atoms with E-state index in [1.807, 2.05) is 0 Å². The Morgan fingerprint density at radius 3 is 1.48 bits per heavy atom. The van der Waals surface area contributed by atoms with Crippen LogP contribution in [0.25, 0.3) is 0 Å². The maximum Gasteiger partial charge on any atom is 0.306 e. The van der Waals surface area contributed by atoms with Gasteiger partial charge in [-0.15, -0.1) is 0 Å². The summed E-state index contributed by atoms with van der Waals surface area (Å²) < 4.78 is 16.9. The second kappa shape index (κ2) is 34.2. The molecule has 0 saturated carbocycles. The van der Waals surface area contributed by atoms with Gasteiger partial charge in [-0.25, -0.2) is 0 Å². The number of allylic oxidation sites excluding steroid dienone is 2. The molecule has 8 heteroatoms. The highest BCUT2D eigenvalue weighted by atomic mass is 16.6. The van der Waals surface area contributed by atoms with Crippen LogP contribution in [0.15, 0.2) is 12.2 Å². The molecule has 0 bridgehead atoms. The Morgan fingerprint density at radius 2 is 1.00 bits per heavy atom. The van der Waals surface area contributed by atoms with E-state index in [1.54, 1.807) is 21.1 Å². The summed E-state index contributed by atoms with van der Waals surface area (Å²) in [5, 5.41) is 11.5. The van der Waals surface area contributed by atoms with Crippen molar-refractivity contribution in [1.82, 2.24) is 0 Å². The number of rotatable bonds is 37. The van der Waals surface area contributed by atoms with Crippen LogP contribution >= 0.6 is 0 Å². The minimum Gasteiger partial charge on any atom is -0.544 e. The fourth-order valence-corrected chi connectivity index (χ4v) is 6.12. The number of quaternary nitrogens is 1. The Labute approximate surface area is 308 Å². The summed E-state index contributed by atoms with van der Waals surface area (Å²) in [6.07, 6.45) is 34.6. The summed E-state index contributed by atoms with van der Waals surface area (Å²) in [5.74, 6) is -1.76. The average molecular weight is 710 g/mol. The van der Waals surface area contributed by atoms with Crippen LogP contribution in [-0.4, -0.2) is 75.5 Å². The molecule has 0 fully saturated rings. The van der Waals surface area contributed by atoms with E-state index >= 15 is 0 Å². The lowest BCUT2D eigenvalue weighted by Gasteiger charge is -2.34. The van der Waals surface area contributed by atoms with E-state index in [9.17, 15) is 19.5 Å². The fraction of sp³-hybridized carbons (Fsp3) is 0.881. The lowest BCUT2D eigenvalue weighted by atomic mass is 10.0. The molecule has 0 aliphatic rings. The van der Waals surface area contributed by atoms with Crippen molar-refractivity contribution >= 4 is 17.9 Å². The monoisotopic (exact) mass is 710 g/mol. The largest absolute Gasteiger partial charge is 0.544 e. The SMILES string of the molecule is CCCCCCCCCC/C=C\CCCCCCCCCCCCCC(=O)OC(COCCC(C(=O)[O-])[N+](C)(C)C)COC(=O)CCCCC. The van der Waals surface area contributed by atoms with E-state index in [0.29, 0.717) is 12.8 Å². The van der Waals surface area contributed by atoms with Crippen molar-refractivity contribution in [3.63, 3.8) is 0 Å². The van der Waals surface area contributed by atoms with Crippen molar-refractivity contribution in [1.29, 1.82) is 0 Å². The van der Waals surface area contributed by atoms with Gasteiger partial charge in [0.2, 0.25) is 0 Å². The predicted octanol–water partition coefficient (Wildman–Crippen LogP) is 9.41. The van der Waals surface area contributed by atoms with E-state index in [0.717, 1.165) is 38.5 Å². The molecule has 0 heterocycles. The number of likely N-dealkylation sites (N-methyl/N-ethyl adjacent to an activating group) is 1. The summed E-state index contributed by atoms with van der Waals surface area (Å²) in [6.45, 7) is 4.50. The number of ether oxygens (including phenoxy) is 3. The van der Waals surface area contributed by atoms with Crippen molar-refractivity contribution < 1.29 is 38.2 Å². The number of esters is 2. The summed E-state index contributed by atoms with van der Waals surface area (Å²) in [4.78, 5) is 36.2. The zero-order valence-electron chi connectivity index (χ0n) is 33.3. The highest BCUT2D eigenvalue weighted by Gasteiger charge is 2.25. The minimum atomic E-state index is -1.13. The first-order valence-electron chi connectivity index (χ1n) is 20.7. The predicted molar refractivity (Wildman–Crippen MR) is 204 cm³/mol. The standard InChI is InChI=1S/C42H79NO7/c1-6-8-10-11-12-13-14-15-16-17-18-19-20-21-22-23-24-25-26-27-28-29-31-33-41(45)50-38(37-49-40(44)32-30-9-7-2)36-48-35-34-39(42(46)47)43(3,4)5/h17-18,38-39H,6-16,19-37H2,1-5H3/b18-17-. The van der Waals surface area contributed by atoms with Crippen LogP contribution in [0.3, 0.4) is 0 Å². The second-order valence-electron chi connectivity index (χ2n) is 15.2. The molecule has 50 heavy (non-hydrogen) atoms. The maximum absolute atomic E-state index is 12.6. The van der Waals surface area contributed by atoms with Crippen LogP contribution in [0, 0.1) is 0 Å². The summed E-state index contributed by atoms with van der Waals surface area (Å²) >= 11 is 0. The Balaban J connectivity index is 3.98. The smallest absolute Gasteiger partial charge is 0.306 e. The Kier molecular flexibility index (Phi) is 32.9. The molecular formula is C42H79NO7. The third-order valence-corrected chi connectivity index (χ3v) is 9.40. The highest BCUT2D eigenvalue weighted by Crippen LogP contribution is 2.15. The minimum absolute atomic E-state index is 0.0430. The molecule has 0 spiro atoms. The number of carbonyl (C=O) groups excluding carboxylic acids is 3. The van der Waals surface area contributed by atoms with Gasteiger partial charge in [0.05, 0.1) is 40.3 Å². The molecular weight excluding hydrogens is 630 g/mol. The molecule has 8 nitrogen and oxygen atoms in total. The zero-order chi connectivity index (χ0) is 37.1. The van der Waals surface area contributed by atoms with Gasteiger partial charge in [0.15, 0.2) is 6.10 Å². The van der Waals surface area contributed by atoms with Gasteiger partial charge in [-0.1, -0.05) is 142 Å². The van der Waals surface area contributed by atoms with Crippen LogP contribution in [0.5, 0.6) is 0 Å². The quantitative estimate of drug-likeness (QED) is 0.0274. The van der Waals surface area contributed by atoms with Crippen LogP contribution in [0.4, 0.5) is 0 Å². The van der Waals surface area contributed by atoms with Crippen molar-refractivity contribution in [2.45, 2.75) is 199 Å². The van der Waals surface area contributed by atoms with Gasteiger partial charge in [-0.05, 0) is 38.5 Å². The number of hydrogen-bond donors (Lipinski definition) is 0. The van der Waals surface area contributed by atoms with Gasteiger partial charge in [0, 0.05) is 19.3 Å². The Morgan fingerprint density at radius 1 is 0.580 bits per heavy atom. The Hall–Kier alpha value is -1.93. The summed E-state index contributed by atoms with van der Waals surface area (Å²) in [7, 11) is 5.39. The average Bonchev–Trinajstić information content (AvgIpc) is 3.06. The number of carbonyl (C=O) groups is 3. The van der Waals surface area contributed by atoms with Gasteiger partial charge in [0.25, 0.3) is 0 Å². The molecule has 0 N–H and O–H groups in total. The van der Waals surface area contributed by atoms with E-state index in [2.05, 4.69) is 26.0 Å². The van der Waals surface area contributed by atoms with Crippen molar-refractivity contribution in [3.8, 4) is 0 Å². The first kappa shape index (κ1) is 48.1. The third kappa shape index (κ3) is 32.0. The van der Waals surface area contributed by atoms with Gasteiger partial charge in [-0.2, -0.15) is 0 Å². The van der Waals surface area contributed by atoms with Crippen molar-refractivity contribution in [2.24, 2.45) is 0 Å². The third-order valence-electron chi connectivity index (χ3n) is 9.40. The van der Waals surface area contributed by atoms with E-state index in [-0.39, 0.29) is 42.7 Å². The fourth-order valence-electron chi connectivity index (χ4n) is 6.12. The first-order valence-corrected chi connectivity index (χ1v) is 20.7. The van der Waals surface area contributed by atoms with Crippen molar-refractivity contribution in [2.75, 3.05) is 41.0 Å². The van der Waals surface area contributed by atoms with E-state index in [4.69, 9.17) is 14.2 Å². The molecule has 0 aromatic heterocycles. The van der Waals surface area contributed by atoms with Crippen LogP contribution < -0.4 is 5.11 Å². The van der Waals surface area contributed by atoms with Crippen LogP contribution in [0.1, 0.15) is 187 Å². The van der Waals surface area contributed by atoms with Gasteiger partial charge in [0.1, 0.15) is 12.6 Å². The number of unbranched alkanes of at least 4 members (excludes halogenated alkanes) is 21. The zero-order valence-corrected chi connectivity index (χ0v) is 33.3. The van der Waals surface area contributed by atoms with Crippen LogP contribution in [0.2, 0.25) is 0 Å². The number of carboxylic acid groups (broad SMARTS) is 1. The van der Waals surface area contributed by atoms with Gasteiger partial charge in [-0.3, -0.25) is 9.59 Å². The first-order chi connectivity index (χ1) is 24.1.